The Morgan fingerprint density at radius 3 is 2.78 bits per heavy atom. The minimum atomic E-state index is 0.117. The minimum Gasteiger partial charge on any atom is -0.371 e. The summed E-state index contributed by atoms with van der Waals surface area (Å²) in [5.41, 5.74) is 0.117. The monoisotopic (exact) mass is 252 g/mol. The highest BCUT2D eigenvalue weighted by molar-refractivity contribution is 4.94. The van der Waals surface area contributed by atoms with E-state index in [1.807, 2.05) is 0 Å². The van der Waals surface area contributed by atoms with E-state index in [1.54, 1.807) is 0 Å². The van der Waals surface area contributed by atoms with Crippen molar-refractivity contribution >= 4 is 0 Å². The molecule has 3 aliphatic heterocycles. The summed E-state index contributed by atoms with van der Waals surface area (Å²) in [4.78, 5) is 2.70. The van der Waals surface area contributed by atoms with Gasteiger partial charge in [-0.1, -0.05) is 0 Å². The van der Waals surface area contributed by atoms with Gasteiger partial charge in [0.15, 0.2) is 0 Å². The van der Waals surface area contributed by atoms with Crippen LogP contribution in [0.25, 0.3) is 0 Å². The van der Waals surface area contributed by atoms with Gasteiger partial charge in [0.25, 0.3) is 0 Å². The number of ether oxygens (including phenoxy) is 1. The number of hydrogen-bond acceptors (Lipinski definition) is 3. The lowest BCUT2D eigenvalue weighted by Crippen LogP contribution is -2.46. The Morgan fingerprint density at radius 1 is 1.22 bits per heavy atom. The van der Waals surface area contributed by atoms with Crippen molar-refractivity contribution in [1.82, 2.24) is 10.2 Å². The fourth-order valence-electron chi connectivity index (χ4n) is 4.04. The Morgan fingerprint density at radius 2 is 2.11 bits per heavy atom. The van der Waals surface area contributed by atoms with Crippen LogP contribution < -0.4 is 5.32 Å². The van der Waals surface area contributed by atoms with Gasteiger partial charge in [0.1, 0.15) is 0 Å². The van der Waals surface area contributed by atoms with Gasteiger partial charge in [-0.15, -0.1) is 0 Å². The van der Waals surface area contributed by atoms with E-state index < -0.39 is 0 Å². The molecular formula is C15H28N2O. The van der Waals surface area contributed by atoms with Crippen molar-refractivity contribution in [2.45, 2.75) is 76.2 Å². The lowest BCUT2D eigenvalue weighted by molar-refractivity contribution is -0.0312. The Bertz CT molecular complexity index is 286. The molecule has 0 radical (unpaired) electrons. The van der Waals surface area contributed by atoms with E-state index in [9.17, 15) is 0 Å². The molecule has 3 rings (SSSR count). The second kappa shape index (κ2) is 5.10. The van der Waals surface area contributed by atoms with Gasteiger partial charge in [-0.2, -0.15) is 0 Å². The zero-order valence-electron chi connectivity index (χ0n) is 12.0. The van der Waals surface area contributed by atoms with E-state index in [0.29, 0.717) is 6.10 Å². The summed E-state index contributed by atoms with van der Waals surface area (Å²) in [5.74, 6) is 0. The van der Waals surface area contributed by atoms with Gasteiger partial charge < -0.3 is 10.1 Å². The van der Waals surface area contributed by atoms with Crippen LogP contribution in [0.1, 0.15) is 52.4 Å². The van der Waals surface area contributed by atoms with Crippen molar-refractivity contribution in [3.63, 3.8) is 0 Å². The summed E-state index contributed by atoms with van der Waals surface area (Å²) in [5, 5.41) is 3.69. The second-order valence-corrected chi connectivity index (χ2v) is 6.95. The predicted octanol–water partition coefficient (Wildman–Crippen LogP) is 2.16. The van der Waals surface area contributed by atoms with Crippen LogP contribution in [0.3, 0.4) is 0 Å². The Balaban J connectivity index is 1.55. The smallest absolute Gasteiger partial charge is 0.0710 e. The maximum atomic E-state index is 6.16. The molecule has 0 amide bonds. The number of hydrogen-bond donors (Lipinski definition) is 1. The zero-order valence-corrected chi connectivity index (χ0v) is 12.0. The first-order valence-corrected chi connectivity index (χ1v) is 7.79. The van der Waals surface area contributed by atoms with Crippen LogP contribution in [0.2, 0.25) is 0 Å². The molecule has 3 fully saturated rings. The van der Waals surface area contributed by atoms with Crippen LogP contribution >= 0.6 is 0 Å². The third kappa shape index (κ3) is 2.73. The standard InChI is InChI=1S/C15H28N2O/c1-15(2)8-7-12(18-15)11-17-10-4-6-14(17)13-5-3-9-16-13/h12-14,16H,3-11H2,1-2H3. The van der Waals surface area contributed by atoms with Crippen molar-refractivity contribution in [3.8, 4) is 0 Å². The number of likely N-dealkylation sites (tertiary alicyclic amines) is 1. The van der Waals surface area contributed by atoms with Gasteiger partial charge in [0.2, 0.25) is 0 Å². The largest absolute Gasteiger partial charge is 0.371 e. The Labute approximate surface area is 111 Å². The van der Waals surface area contributed by atoms with Gasteiger partial charge in [0.05, 0.1) is 11.7 Å². The average molecular weight is 252 g/mol. The summed E-state index contributed by atoms with van der Waals surface area (Å²) in [7, 11) is 0. The van der Waals surface area contributed by atoms with Crippen LogP contribution in [0.15, 0.2) is 0 Å². The molecule has 0 aromatic rings. The van der Waals surface area contributed by atoms with Crippen molar-refractivity contribution in [2.24, 2.45) is 0 Å². The predicted molar refractivity (Wildman–Crippen MR) is 73.8 cm³/mol. The summed E-state index contributed by atoms with van der Waals surface area (Å²) in [6, 6.07) is 1.53. The number of rotatable bonds is 3. The molecule has 3 saturated heterocycles. The molecule has 0 aromatic heterocycles. The van der Waals surface area contributed by atoms with Gasteiger partial charge >= 0.3 is 0 Å². The van der Waals surface area contributed by atoms with Gasteiger partial charge in [-0.25, -0.2) is 0 Å². The van der Waals surface area contributed by atoms with Crippen LogP contribution in [0, 0.1) is 0 Å². The molecule has 18 heavy (non-hydrogen) atoms. The van der Waals surface area contributed by atoms with Crippen LogP contribution in [-0.2, 0) is 4.74 Å². The van der Waals surface area contributed by atoms with E-state index in [1.165, 1.54) is 51.6 Å². The van der Waals surface area contributed by atoms with Crippen molar-refractivity contribution in [3.05, 3.63) is 0 Å². The lowest BCUT2D eigenvalue weighted by atomic mass is 10.0. The molecule has 0 bridgehead atoms. The molecule has 0 saturated carbocycles. The molecule has 0 aromatic carbocycles. The zero-order chi connectivity index (χ0) is 12.6. The summed E-state index contributed by atoms with van der Waals surface area (Å²) in [6.45, 7) is 8.12. The highest BCUT2D eigenvalue weighted by Crippen LogP contribution is 2.32. The molecule has 1 N–H and O–H groups in total. The average Bonchev–Trinajstić information content (AvgIpc) is 2.99. The second-order valence-electron chi connectivity index (χ2n) is 6.95. The van der Waals surface area contributed by atoms with E-state index in [0.717, 1.165) is 18.6 Å². The first-order chi connectivity index (χ1) is 8.64. The maximum Gasteiger partial charge on any atom is 0.0710 e. The molecule has 0 spiro atoms. The lowest BCUT2D eigenvalue weighted by Gasteiger charge is -2.31. The SMILES string of the molecule is CC1(C)CCC(CN2CCCC2C2CCCN2)O1. The Hall–Kier alpha value is -0.120. The first kappa shape index (κ1) is 12.9. The van der Waals surface area contributed by atoms with E-state index in [4.69, 9.17) is 4.74 Å². The van der Waals surface area contributed by atoms with E-state index in [2.05, 4.69) is 24.1 Å². The highest BCUT2D eigenvalue weighted by atomic mass is 16.5. The molecule has 3 unspecified atom stereocenters. The van der Waals surface area contributed by atoms with E-state index >= 15 is 0 Å². The summed E-state index contributed by atoms with van der Waals surface area (Å²) >= 11 is 0. The van der Waals surface area contributed by atoms with Crippen molar-refractivity contribution < 1.29 is 4.74 Å². The molecule has 3 heterocycles. The third-order valence-corrected chi connectivity index (χ3v) is 4.97. The van der Waals surface area contributed by atoms with Crippen LogP contribution in [0.4, 0.5) is 0 Å². The fraction of sp³-hybridized carbons (Fsp3) is 1.00. The molecule has 3 nitrogen and oxygen atoms in total. The normalized spacial score (nSPS) is 40.7. The third-order valence-electron chi connectivity index (χ3n) is 4.97. The fourth-order valence-corrected chi connectivity index (χ4v) is 4.04. The Kier molecular flexibility index (Phi) is 3.65. The van der Waals surface area contributed by atoms with Gasteiger partial charge in [0, 0.05) is 18.6 Å². The quantitative estimate of drug-likeness (QED) is 0.833. The van der Waals surface area contributed by atoms with Crippen LogP contribution in [0.5, 0.6) is 0 Å². The molecule has 3 atom stereocenters. The van der Waals surface area contributed by atoms with Crippen molar-refractivity contribution in [1.29, 1.82) is 0 Å². The van der Waals surface area contributed by atoms with Crippen LogP contribution in [-0.4, -0.2) is 48.3 Å². The van der Waals surface area contributed by atoms with Gasteiger partial charge in [-0.05, 0) is 65.5 Å². The molecule has 0 aliphatic carbocycles. The number of nitrogens with one attached hydrogen (secondary N) is 1. The van der Waals surface area contributed by atoms with Gasteiger partial charge in [-0.3, -0.25) is 4.90 Å². The first-order valence-electron chi connectivity index (χ1n) is 7.79. The maximum absolute atomic E-state index is 6.16. The molecule has 104 valence electrons. The summed E-state index contributed by atoms with van der Waals surface area (Å²) < 4.78 is 6.16. The van der Waals surface area contributed by atoms with Crippen molar-refractivity contribution in [2.75, 3.05) is 19.6 Å². The number of nitrogens with zero attached hydrogens (tertiary/aromatic N) is 1. The minimum absolute atomic E-state index is 0.117. The van der Waals surface area contributed by atoms with E-state index in [-0.39, 0.29) is 5.60 Å². The highest BCUT2D eigenvalue weighted by Gasteiger charge is 2.37. The molecule has 3 aliphatic rings. The molecular weight excluding hydrogens is 224 g/mol. The topological polar surface area (TPSA) is 24.5 Å². The summed E-state index contributed by atoms with van der Waals surface area (Å²) in [6.07, 6.45) is 8.43. The molecule has 3 heteroatoms.